The lowest BCUT2D eigenvalue weighted by Gasteiger charge is -2.31. The van der Waals surface area contributed by atoms with Gasteiger partial charge in [0.15, 0.2) is 5.60 Å². The minimum absolute atomic E-state index is 0.0641. The number of hydrogen-bond acceptors (Lipinski definition) is 12. The van der Waals surface area contributed by atoms with Gasteiger partial charge in [-0.1, -0.05) is 26.7 Å². The lowest BCUT2D eigenvalue weighted by molar-refractivity contribution is -0.172. The SMILES string of the molecule is CCc1c2c(nc3ccc(OC(=O)NCCCCCCNC(=O)OCCOCCC(=O)OC(C)(C)C)cc13)-c1cc3c(c(=O)n1C2)COC(=O)[C@]3(O)CC. The first kappa shape index (κ1) is 40.2. The maximum atomic E-state index is 13.6. The number of cyclic esters (lactones) is 1. The van der Waals surface area contributed by atoms with Gasteiger partial charge in [0.1, 0.15) is 24.6 Å². The Kier molecular flexibility index (Phi) is 13.0. The first-order valence-electron chi connectivity index (χ1n) is 18.5. The molecule has 15 heteroatoms. The number of aromatic nitrogens is 2. The molecule has 1 atom stereocenters. The number of pyridine rings is 2. The Morgan fingerprint density at radius 1 is 0.963 bits per heavy atom. The molecule has 0 saturated heterocycles. The number of nitrogens with one attached hydrogen (secondary N) is 2. The molecule has 0 unspecified atom stereocenters. The first-order chi connectivity index (χ1) is 25.8. The van der Waals surface area contributed by atoms with E-state index in [1.807, 2.05) is 6.92 Å². The number of rotatable bonds is 16. The van der Waals surface area contributed by atoms with Crippen LogP contribution >= 0.6 is 0 Å². The van der Waals surface area contributed by atoms with E-state index in [0.29, 0.717) is 42.2 Å². The van der Waals surface area contributed by atoms with Gasteiger partial charge in [-0.2, -0.15) is 0 Å². The third-order valence-corrected chi connectivity index (χ3v) is 9.31. The highest BCUT2D eigenvalue weighted by molar-refractivity contribution is 5.90. The van der Waals surface area contributed by atoms with Crippen molar-refractivity contribution in [2.75, 3.05) is 32.9 Å². The fourth-order valence-corrected chi connectivity index (χ4v) is 6.63. The molecule has 1 aromatic carbocycles. The van der Waals surface area contributed by atoms with Crippen LogP contribution in [0.1, 0.15) is 95.4 Å². The molecule has 4 heterocycles. The van der Waals surface area contributed by atoms with E-state index >= 15 is 0 Å². The van der Waals surface area contributed by atoms with Gasteiger partial charge >= 0.3 is 24.1 Å². The standard InChI is InChI=1S/C39H50N4O11/c1-6-25-26-20-24(53-37(48)41-16-11-9-8-10-15-40-36(47)51-19-18-50-17-14-32(44)54-38(3,4)5)12-13-30(26)42-33-27(25)22-43-31(33)21-29-28(34(43)45)23-52-35(46)39(29,49)7-2/h12-13,20-21,49H,6-11,14-19,22-23H2,1-5H3,(H,40,47)(H,41,48)/t39-/m0/s1. The number of alkyl carbamates (subject to hydrolysis) is 1. The van der Waals surface area contributed by atoms with Gasteiger partial charge in [0, 0.05) is 29.6 Å². The predicted octanol–water partition coefficient (Wildman–Crippen LogP) is 4.77. The molecule has 0 bridgehead atoms. The fourth-order valence-electron chi connectivity index (χ4n) is 6.63. The molecule has 3 N–H and O–H groups in total. The van der Waals surface area contributed by atoms with Crippen LogP contribution < -0.4 is 20.9 Å². The predicted molar refractivity (Wildman–Crippen MR) is 197 cm³/mol. The molecule has 15 nitrogen and oxygen atoms in total. The molecule has 3 aromatic rings. The Labute approximate surface area is 313 Å². The van der Waals surface area contributed by atoms with E-state index in [4.69, 9.17) is 28.7 Å². The van der Waals surface area contributed by atoms with Crippen LogP contribution in [0.4, 0.5) is 9.59 Å². The molecule has 0 fully saturated rings. The summed E-state index contributed by atoms with van der Waals surface area (Å²) in [6.45, 7) is 10.5. The molecule has 0 saturated carbocycles. The van der Waals surface area contributed by atoms with E-state index in [9.17, 15) is 29.1 Å². The van der Waals surface area contributed by atoms with Gasteiger partial charge in [-0.05, 0) is 76.3 Å². The summed E-state index contributed by atoms with van der Waals surface area (Å²) < 4.78 is 27.9. The maximum absolute atomic E-state index is 13.6. The Morgan fingerprint density at radius 3 is 2.37 bits per heavy atom. The zero-order valence-electron chi connectivity index (χ0n) is 31.6. The molecule has 5 rings (SSSR count). The summed E-state index contributed by atoms with van der Waals surface area (Å²) in [5.74, 6) is -0.754. The number of ether oxygens (including phenoxy) is 5. The van der Waals surface area contributed by atoms with E-state index in [0.717, 1.165) is 42.2 Å². The second-order valence-electron chi connectivity index (χ2n) is 14.3. The number of nitrogens with zero attached hydrogens (tertiary/aromatic N) is 2. The van der Waals surface area contributed by atoms with Crippen LogP contribution in [0.2, 0.25) is 0 Å². The quantitative estimate of drug-likeness (QED) is 0.0809. The summed E-state index contributed by atoms with van der Waals surface area (Å²) in [6.07, 6.45) is 2.87. The average Bonchev–Trinajstić information content (AvgIpc) is 3.49. The zero-order chi connectivity index (χ0) is 39.0. The van der Waals surface area contributed by atoms with Crippen molar-refractivity contribution in [1.82, 2.24) is 20.2 Å². The summed E-state index contributed by atoms with van der Waals surface area (Å²) in [5.41, 5.74) is 1.42. The number of fused-ring (bicyclic) bond motifs is 5. The highest BCUT2D eigenvalue weighted by Gasteiger charge is 2.45. The second-order valence-corrected chi connectivity index (χ2v) is 14.3. The average molecular weight is 751 g/mol. The number of carbonyl (C=O) groups is 4. The molecule has 2 amide bonds. The van der Waals surface area contributed by atoms with Crippen LogP contribution in [0.25, 0.3) is 22.3 Å². The number of unbranched alkanes of at least 4 members (excludes halogenated alkanes) is 3. The molecule has 292 valence electrons. The summed E-state index contributed by atoms with van der Waals surface area (Å²) in [6, 6.07) is 6.90. The van der Waals surface area contributed by atoms with Crippen LogP contribution in [0.5, 0.6) is 5.75 Å². The van der Waals surface area contributed by atoms with Crippen LogP contribution in [0.15, 0.2) is 29.1 Å². The lowest BCUT2D eigenvalue weighted by atomic mass is 9.86. The van der Waals surface area contributed by atoms with Crippen LogP contribution in [0.3, 0.4) is 0 Å². The third kappa shape index (κ3) is 9.37. The molecular formula is C39H50N4O11. The highest BCUT2D eigenvalue weighted by Crippen LogP contribution is 2.40. The Bertz CT molecular complexity index is 1950. The maximum Gasteiger partial charge on any atom is 0.412 e. The number of aliphatic hydroxyl groups is 1. The van der Waals surface area contributed by atoms with Crippen LogP contribution in [-0.2, 0) is 53.7 Å². The Balaban J connectivity index is 1.04. The van der Waals surface area contributed by atoms with E-state index in [-0.39, 0.29) is 68.5 Å². The molecular weight excluding hydrogens is 700 g/mol. The van der Waals surface area contributed by atoms with Crippen molar-refractivity contribution in [2.24, 2.45) is 0 Å². The molecule has 0 radical (unpaired) electrons. The zero-order valence-corrected chi connectivity index (χ0v) is 31.6. The van der Waals surface area contributed by atoms with Crippen molar-refractivity contribution in [3.05, 3.63) is 56.9 Å². The molecule has 0 spiro atoms. The molecule has 2 aliphatic rings. The minimum Gasteiger partial charge on any atom is -0.460 e. The monoisotopic (exact) mass is 750 g/mol. The van der Waals surface area contributed by atoms with Gasteiger partial charge in [-0.25, -0.2) is 19.4 Å². The highest BCUT2D eigenvalue weighted by atomic mass is 16.6. The summed E-state index contributed by atoms with van der Waals surface area (Å²) >= 11 is 0. The number of aryl methyl sites for hydroxylation is 1. The van der Waals surface area contributed by atoms with E-state index < -0.39 is 29.4 Å². The largest absolute Gasteiger partial charge is 0.460 e. The lowest BCUT2D eigenvalue weighted by Crippen LogP contribution is -2.44. The molecule has 2 aromatic heterocycles. The minimum atomic E-state index is -1.90. The Morgan fingerprint density at radius 2 is 1.69 bits per heavy atom. The van der Waals surface area contributed by atoms with Gasteiger partial charge in [-0.15, -0.1) is 0 Å². The van der Waals surface area contributed by atoms with Gasteiger partial charge in [0.25, 0.3) is 5.56 Å². The third-order valence-electron chi connectivity index (χ3n) is 9.31. The Hall–Kier alpha value is -5.02. The van der Waals surface area contributed by atoms with Crippen molar-refractivity contribution in [3.8, 4) is 17.1 Å². The molecule has 0 aliphatic carbocycles. The van der Waals surface area contributed by atoms with Crippen molar-refractivity contribution >= 4 is 35.0 Å². The number of carbonyl (C=O) groups excluding carboxylic acids is 4. The van der Waals surface area contributed by atoms with E-state index in [1.54, 1.807) is 56.5 Å². The molecule has 54 heavy (non-hydrogen) atoms. The summed E-state index contributed by atoms with van der Waals surface area (Å²) in [7, 11) is 0. The number of esters is 2. The van der Waals surface area contributed by atoms with Gasteiger partial charge in [0.2, 0.25) is 0 Å². The first-order valence-corrected chi connectivity index (χ1v) is 18.5. The number of benzene rings is 1. The number of amides is 2. The van der Waals surface area contributed by atoms with Gasteiger partial charge < -0.3 is 44.0 Å². The normalized spacial score (nSPS) is 15.9. The van der Waals surface area contributed by atoms with Crippen molar-refractivity contribution in [2.45, 2.75) is 104 Å². The second kappa shape index (κ2) is 17.4. The van der Waals surface area contributed by atoms with Gasteiger partial charge in [0.05, 0.1) is 48.6 Å². The fraction of sp³-hybridized carbons (Fsp3) is 0.538. The number of hydrogen-bond donors (Lipinski definition) is 3. The van der Waals surface area contributed by atoms with Crippen molar-refractivity contribution in [3.63, 3.8) is 0 Å². The molecule has 2 aliphatic heterocycles. The van der Waals surface area contributed by atoms with Crippen molar-refractivity contribution < 1.29 is 48.0 Å². The van der Waals surface area contributed by atoms with Gasteiger partial charge in [-0.3, -0.25) is 9.59 Å². The smallest absolute Gasteiger partial charge is 0.412 e. The topological polar surface area (TPSA) is 194 Å². The summed E-state index contributed by atoms with van der Waals surface area (Å²) in [4.78, 5) is 67.1. The van der Waals surface area contributed by atoms with Crippen molar-refractivity contribution in [1.29, 1.82) is 0 Å². The van der Waals surface area contributed by atoms with E-state index in [2.05, 4.69) is 10.6 Å². The van der Waals surface area contributed by atoms with Crippen LogP contribution in [-0.4, -0.2) is 77.3 Å². The van der Waals surface area contributed by atoms with Crippen LogP contribution in [0, 0.1) is 0 Å². The summed E-state index contributed by atoms with van der Waals surface area (Å²) in [5, 5.41) is 17.4. The van der Waals surface area contributed by atoms with E-state index in [1.165, 1.54) is 0 Å².